The van der Waals surface area contributed by atoms with Gasteiger partial charge in [0.05, 0.1) is 17.7 Å². The first-order chi connectivity index (χ1) is 12.5. The molecule has 1 aliphatic rings. The summed E-state index contributed by atoms with van der Waals surface area (Å²) in [6.07, 6.45) is 4.22. The van der Waals surface area contributed by atoms with Crippen LogP contribution in [0.4, 0.5) is 14.5 Å². The summed E-state index contributed by atoms with van der Waals surface area (Å²) in [6.45, 7) is -1.98. The number of benzene rings is 1. The summed E-state index contributed by atoms with van der Waals surface area (Å²) in [5.41, 5.74) is 0.940. The second-order valence-electron chi connectivity index (χ2n) is 5.99. The van der Waals surface area contributed by atoms with E-state index in [1.54, 1.807) is 11.0 Å². The Hall–Kier alpha value is -2.90. The van der Waals surface area contributed by atoms with Crippen LogP contribution < -0.4 is 10.1 Å². The fourth-order valence-electron chi connectivity index (χ4n) is 2.91. The van der Waals surface area contributed by atoms with E-state index in [1.165, 1.54) is 36.8 Å². The lowest BCUT2D eigenvalue weighted by Crippen LogP contribution is -2.43. The normalized spacial score (nSPS) is 17.2. The molecule has 1 N–H and O–H groups in total. The average molecular weight is 364 g/mol. The Morgan fingerprint density at radius 2 is 2.00 bits per heavy atom. The minimum atomic E-state index is -2.89. The number of hydrogen-bond acceptors (Lipinski definition) is 4. The Morgan fingerprint density at radius 1 is 1.23 bits per heavy atom. The predicted molar refractivity (Wildman–Crippen MR) is 89.0 cm³/mol. The number of nitrogens with one attached hydrogen (secondary N) is 1. The summed E-state index contributed by atoms with van der Waals surface area (Å²) in [6, 6.07) is 7.30. The largest absolute Gasteiger partial charge is 0.472 e. The van der Waals surface area contributed by atoms with E-state index in [4.69, 9.17) is 4.42 Å². The highest BCUT2D eigenvalue weighted by molar-refractivity contribution is 5.96. The molecule has 0 aliphatic carbocycles. The molecule has 0 radical (unpaired) electrons. The number of likely N-dealkylation sites (tertiary alicyclic amines) is 1. The van der Waals surface area contributed by atoms with Crippen LogP contribution in [-0.4, -0.2) is 36.4 Å². The zero-order valence-corrected chi connectivity index (χ0v) is 13.9. The van der Waals surface area contributed by atoms with Crippen molar-refractivity contribution in [2.75, 3.05) is 18.4 Å². The van der Waals surface area contributed by atoms with Crippen molar-refractivity contribution in [3.8, 4) is 5.75 Å². The summed E-state index contributed by atoms with van der Waals surface area (Å²) < 4.78 is 33.5. The van der Waals surface area contributed by atoms with Gasteiger partial charge in [-0.1, -0.05) is 0 Å². The molecule has 26 heavy (non-hydrogen) atoms. The van der Waals surface area contributed by atoms with E-state index >= 15 is 0 Å². The second kappa shape index (κ2) is 7.99. The maximum atomic E-state index is 12.5. The lowest BCUT2D eigenvalue weighted by atomic mass is 9.96. The van der Waals surface area contributed by atoms with Crippen LogP contribution in [0.3, 0.4) is 0 Å². The van der Waals surface area contributed by atoms with Gasteiger partial charge in [0.2, 0.25) is 5.91 Å². The molecule has 8 heteroatoms. The maximum absolute atomic E-state index is 12.5. The second-order valence-corrected chi connectivity index (χ2v) is 5.99. The molecule has 1 aromatic heterocycles. The van der Waals surface area contributed by atoms with Crippen LogP contribution in [0.25, 0.3) is 0 Å². The van der Waals surface area contributed by atoms with E-state index in [1.807, 2.05) is 0 Å². The number of carbonyl (C=O) groups excluding carboxylic acids is 2. The number of halogens is 2. The van der Waals surface area contributed by atoms with Crippen LogP contribution in [0.2, 0.25) is 0 Å². The topological polar surface area (TPSA) is 71.8 Å². The number of anilines is 1. The van der Waals surface area contributed by atoms with Crippen molar-refractivity contribution in [3.05, 3.63) is 48.4 Å². The van der Waals surface area contributed by atoms with Crippen LogP contribution in [0.5, 0.6) is 5.75 Å². The van der Waals surface area contributed by atoms with Gasteiger partial charge < -0.3 is 19.4 Å². The standard InChI is InChI=1S/C18H18F2N2O4/c19-18(20)26-15-5-3-14(4-6-15)21-16(23)12-2-1-8-22(10-12)17(24)13-7-9-25-11-13/h3-7,9,11-12,18H,1-2,8,10H2,(H,21,23)/t12-/m0/s1. The van der Waals surface area contributed by atoms with Crippen LogP contribution in [0, 0.1) is 5.92 Å². The zero-order valence-electron chi connectivity index (χ0n) is 13.9. The summed E-state index contributed by atoms with van der Waals surface area (Å²) in [7, 11) is 0. The lowest BCUT2D eigenvalue weighted by molar-refractivity contribution is -0.121. The van der Waals surface area contributed by atoms with Gasteiger partial charge >= 0.3 is 6.61 Å². The van der Waals surface area contributed by atoms with Crippen molar-refractivity contribution in [1.29, 1.82) is 0 Å². The maximum Gasteiger partial charge on any atom is 0.387 e. The van der Waals surface area contributed by atoms with E-state index in [0.717, 1.165) is 6.42 Å². The minimum Gasteiger partial charge on any atom is -0.472 e. The highest BCUT2D eigenvalue weighted by atomic mass is 19.3. The molecule has 138 valence electrons. The predicted octanol–water partition coefficient (Wildman–Crippen LogP) is 3.37. The smallest absolute Gasteiger partial charge is 0.387 e. The Bertz CT molecular complexity index is 747. The van der Waals surface area contributed by atoms with Crippen molar-refractivity contribution in [3.63, 3.8) is 0 Å². The van der Waals surface area contributed by atoms with Crippen LogP contribution in [0.1, 0.15) is 23.2 Å². The molecule has 0 saturated carbocycles. The Labute approximate surface area is 148 Å². The number of alkyl halides is 2. The van der Waals surface area contributed by atoms with Gasteiger partial charge in [-0.2, -0.15) is 8.78 Å². The number of amides is 2. The van der Waals surface area contributed by atoms with Crippen molar-refractivity contribution in [2.45, 2.75) is 19.5 Å². The molecule has 6 nitrogen and oxygen atoms in total. The van der Waals surface area contributed by atoms with Gasteiger partial charge in [0.1, 0.15) is 12.0 Å². The lowest BCUT2D eigenvalue weighted by Gasteiger charge is -2.31. The van der Waals surface area contributed by atoms with Gasteiger partial charge in [-0.15, -0.1) is 0 Å². The van der Waals surface area contributed by atoms with Crippen molar-refractivity contribution < 1.29 is 27.5 Å². The first-order valence-corrected chi connectivity index (χ1v) is 8.20. The van der Waals surface area contributed by atoms with Gasteiger partial charge in [0.15, 0.2) is 0 Å². The van der Waals surface area contributed by atoms with Crippen LogP contribution in [0.15, 0.2) is 47.3 Å². The third-order valence-electron chi connectivity index (χ3n) is 4.19. The summed E-state index contributed by atoms with van der Waals surface area (Å²) in [4.78, 5) is 26.5. The van der Waals surface area contributed by atoms with Crippen LogP contribution in [-0.2, 0) is 4.79 Å². The molecule has 0 bridgehead atoms. The van der Waals surface area contributed by atoms with Gasteiger partial charge in [-0.25, -0.2) is 0 Å². The molecule has 2 aromatic rings. The summed E-state index contributed by atoms with van der Waals surface area (Å²) in [5, 5.41) is 2.75. The molecule has 3 rings (SSSR count). The van der Waals surface area contributed by atoms with Gasteiger partial charge in [-0.3, -0.25) is 9.59 Å². The molecule has 1 aromatic carbocycles. The van der Waals surface area contributed by atoms with Crippen molar-refractivity contribution in [2.24, 2.45) is 5.92 Å². The van der Waals surface area contributed by atoms with Crippen molar-refractivity contribution in [1.82, 2.24) is 4.90 Å². The van der Waals surface area contributed by atoms with E-state index in [0.29, 0.717) is 30.8 Å². The highest BCUT2D eigenvalue weighted by Crippen LogP contribution is 2.22. The summed E-state index contributed by atoms with van der Waals surface area (Å²) in [5.74, 6) is -0.689. The van der Waals surface area contributed by atoms with Gasteiger partial charge in [-0.05, 0) is 43.2 Å². The quantitative estimate of drug-likeness (QED) is 0.883. The SMILES string of the molecule is O=C(Nc1ccc(OC(F)F)cc1)[C@H]1CCCN(C(=O)c2ccoc2)C1. The highest BCUT2D eigenvalue weighted by Gasteiger charge is 2.29. The molecular weight excluding hydrogens is 346 g/mol. The number of furan rings is 1. The van der Waals surface area contributed by atoms with E-state index < -0.39 is 6.61 Å². The van der Waals surface area contributed by atoms with Gasteiger partial charge in [0.25, 0.3) is 5.91 Å². The molecule has 2 heterocycles. The van der Waals surface area contributed by atoms with Crippen molar-refractivity contribution >= 4 is 17.5 Å². The zero-order chi connectivity index (χ0) is 18.5. The number of hydrogen-bond donors (Lipinski definition) is 1. The number of ether oxygens (including phenoxy) is 1. The molecule has 2 amide bonds. The van der Waals surface area contributed by atoms with Gasteiger partial charge in [0, 0.05) is 18.8 Å². The molecule has 1 atom stereocenters. The van der Waals surface area contributed by atoms with E-state index in [-0.39, 0.29) is 23.5 Å². The molecule has 0 unspecified atom stereocenters. The summed E-state index contributed by atoms with van der Waals surface area (Å²) >= 11 is 0. The fraction of sp³-hybridized carbons (Fsp3) is 0.333. The number of rotatable bonds is 5. The molecular formula is C18H18F2N2O4. The third-order valence-corrected chi connectivity index (χ3v) is 4.19. The molecule has 0 spiro atoms. The Balaban J connectivity index is 1.58. The van der Waals surface area contributed by atoms with E-state index in [9.17, 15) is 18.4 Å². The Kier molecular flexibility index (Phi) is 5.50. The minimum absolute atomic E-state index is 0.0209. The monoisotopic (exact) mass is 364 g/mol. The average Bonchev–Trinajstić information content (AvgIpc) is 3.17. The Morgan fingerprint density at radius 3 is 2.65 bits per heavy atom. The fourth-order valence-corrected chi connectivity index (χ4v) is 2.91. The molecule has 1 aliphatic heterocycles. The first-order valence-electron chi connectivity index (χ1n) is 8.20. The number of nitrogens with zero attached hydrogens (tertiary/aromatic N) is 1. The molecule has 1 saturated heterocycles. The van der Waals surface area contributed by atoms with E-state index in [2.05, 4.69) is 10.1 Å². The molecule has 1 fully saturated rings. The number of piperidine rings is 1. The number of carbonyl (C=O) groups is 2. The van der Waals surface area contributed by atoms with Crippen LogP contribution >= 0.6 is 0 Å². The first kappa shape index (κ1) is 17.9. The third kappa shape index (κ3) is 4.38.